The van der Waals surface area contributed by atoms with Crippen molar-refractivity contribution in [3.8, 4) is 0 Å². The van der Waals surface area contributed by atoms with Crippen LogP contribution in [0.3, 0.4) is 0 Å². The van der Waals surface area contributed by atoms with Crippen LogP contribution in [0.1, 0.15) is 39.2 Å². The molecule has 8 nitrogen and oxygen atoms in total. The third kappa shape index (κ3) is 6.40. The van der Waals surface area contributed by atoms with Crippen LogP contribution in [0.15, 0.2) is 30.3 Å². The number of hydrogen-bond acceptors (Lipinski definition) is 5. The molecule has 0 unspecified atom stereocenters. The Hall–Kier alpha value is -2.90. The zero-order valence-corrected chi connectivity index (χ0v) is 15.8. The predicted molar refractivity (Wildman–Crippen MR) is 101 cm³/mol. The summed E-state index contributed by atoms with van der Waals surface area (Å²) in [7, 11) is 0. The molecule has 0 atom stereocenters. The molecule has 1 aliphatic rings. The molecule has 1 aromatic rings. The second-order valence-corrected chi connectivity index (χ2v) is 7.40. The van der Waals surface area contributed by atoms with Gasteiger partial charge in [0.2, 0.25) is 5.91 Å². The molecule has 1 N–H and O–H groups in total. The van der Waals surface area contributed by atoms with Crippen molar-refractivity contribution in [2.75, 3.05) is 13.1 Å². The van der Waals surface area contributed by atoms with E-state index in [0.717, 1.165) is 0 Å². The third-order valence-corrected chi connectivity index (χ3v) is 4.07. The maximum atomic E-state index is 12.3. The van der Waals surface area contributed by atoms with Crippen molar-refractivity contribution in [2.24, 2.45) is 0 Å². The second-order valence-electron chi connectivity index (χ2n) is 7.40. The zero-order valence-electron chi connectivity index (χ0n) is 15.8. The van der Waals surface area contributed by atoms with E-state index in [1.165, 1.54) is 18.2 Å². The largest absolute Gasteiger partial charge is 0.444 e. The Bertz CT molecular complexity index is 731. The first-order chi connectivity index (χ1) is 12.7. The van der Waals surface area contributed by atoms with Crippen molar-refractivity contribution in [1.29, 1.82) is 0 Å². The number of nitrogens with one attached hydrogen (secondary N) is 1. The quantitative estimate of drug-likeness (QED) is 0.495. The van der Waals surface area contributed by atoms with Crippen LogP contribution in [0.25, 0.3) is 6.08 Å². The summed E-state index contributed by atoms with van der Waals surface area (Å²) in [6.45, 7) is 6.41. The Morgan fingerprint density at radius 2 is 1.89 bits per heavy atom. The van der Waals surface area contributed by atoms with Gasteiger partial charge in [-0.1, -0.05) is 12.1 Å². The van der Waals surface area contributed by atoms with Crippen LogP contribution in [0.5, 0.6) is 0 Å². The van der Waals surface area contributed by atoms with Gasteiger partial charge in [-0.25, -0.2) is 4.79 Å². The molecule has 2 amide bonds. The summed E-state index contributed by atoms with van der Waals surface area (Å²) in [4.78, 5) is 36.3. The van der Waals surface area contributed by atoms with E-state index in [1.807, 2.05) is 0 Å². The van der Waals surface area contributed by atoms with Gasteiger partial charge in [0.05, 0.1) is 10.5 Å². The number of piperidine rings is 1. The van der Waals surface area contributed by atoms with Crippen molar-refractivity contribution < 1.29 is 19.2 Å². The molecule has 1 heterocycles. The molecule has 0 radical (unpaired) electrons. The normalized spacial score (nSPS) is 15.6. The van der Waals surface area contributed by atoms with Gasteiger partial charge in [-0.05, 0) is 45.8 Å². The molecule has 146 valence electrons. The lowest BCUT2D eigenvalue weighted by atomic mass is 10.0. The highest BCUT2D eigenvalue weighted by Crippen LogP contribution is 2.19. The number of para-hydroxylation sites is 1. The van der Waals surface area contributed by atoms with Crippen molar-refractivity contribution in [3.63, 3.8) is 0 Å². The van der Waals surface area contributed by atoms with E-state index >= 15 is 0 Å². The molecular weight excluding hydrogens is 350 g/mol. The topological polar surface area (TPSA) is 102 Å². The molecule has 1 fully saturated rings. The van der Waals surface area contributed by atoms with E-state index in [1.54, 1.807) is 43.9 Å². The van der Waals surface area contributed by atoms with Gasteiger partial charge in [-0.3, -0.25) is 14.9 Å². The van der Waals surface area contributed by atoms with Crippen LogP contribution in [0.4, 0.5) is 10.5 Å². The summed E-state index contributed by atoms with van der Waals surface area (Å²) in [6.07, 6.45) is 3.62. The number of alkyl carbamates (subject to hydrolysis) is 1. The molecule has 1 aromatic carbocycles. The summed E-state index contributed by atoms with van der Waals surface area (Å²) in [5.74, 6) is -0.205. The number of amides is 2. The number of carbonyl (C=O) groups excluding carboxylic acids is 2. The molecule has 0 aliphatic carbocycles. The fourth-order valence-corrected chi connectivity index (χ4v) is 2.78. The molecule has 0 bridgehead atoms. The van der Waals surface area contributed by atoms with Crippen LogP contribution >= 0.6 is 0 Å². The highest BCUT2D eigenvalue weighted by atomic mass is 16.6. The highest BCUT2D eigenvalue weighted by Gasteiger charge is 2.25. The van der Waals surface area contributed by atoms with E-state index in [4.69, 9.17) is 4.74 Å². The van der Waals surface area contributed by atoms with Gasteiger partial charge in [0.15, 0.2) is 0 Å². The van der Waals surface area contributed by atoms with Crippen LogP contribution in [0.2, 0.25) is 0 Å². The lowest BCUT2D eigenvalue weighted by Crippen LogP contribution is -2.47. The minimum absolute atomic E-state index is 0.0388. The molecule has 1 saturated heterocycles. The van der Waals surface area contributed by atoms with E-state index in [2.05, 4.69) is 5.32 Å². The molecule has 0 spiro atoms. The van der Waals surface area contributed by atoms with Gasteiger partial charge in [0, 0.05) is 31.3 Å². The molecular formula is C19H25N3O5. The van der Waals surface area contributed by atoms with Gasteiger partial charge < -0.3 is 15.0 Å². The number of likely N-dealkylation sites (tertiary alicyclic amines) is 1. The number of benzene rings is 1. The van der Waals surface area contributed by atoms with Crippen molar-refractivity contribution in [2.45, 2.75) is 45.3 Å². The summed E-state index contributed by atoms with van der Waals surface area (Å²) in [5.41, 5.74) is -0.204. The average molecular weight is 375 g/mol. The van der Waals surface area contributed by atoms with Gasteiger partial charge in [-0.15, -0.1) is 0 Å². The zero-order chi connectivity index (χ0) is 20.0. The SMILES string of the molecule is CC(C)(C)OC(=O)NC1CCN(C(=O)C=Cc2ccccc2[N+](=O)[O-])CC1. The summed E-state index contributed by atoms with van der Waals surface area (Å²) in [6, 6.07) is 6.23. The number of nitrogens with zero attached hydrogens (tertiary/aromatic N) is 2. The standard InChI is InChI=1S/C19H25N3O5/c1-19(2,3)27-18(24)20-15-10-12-21(13-11-15)17(23)9-8-14-6-4-5-7-16(14)22(25)26/h4-9,15H,10-13H2,1-3H3,(H,20,24). The molecule has 2 rings (SSSR count). The molecule has 8 heteroatoms. The maximum absolute atomic E-state index is 12.3. The summed E-state index contributed by atoms with van der Waals surface area (Å²) >= 11 is 0. The monoisotopic (exact) mass is 375 g/mol. The van der Waals surface area contributed by atoms with Crippen LogP contribution < -0.4 is 5.32 Å². The molecule has 0 saturated carbocycles. The van der Waals surface area contributed by atoms with Crippen molar-refractivity contribution >= 4 is 23.8 Å². The highest BCUT2D eigenvalue weighted by molar-refractivity contribution is 5.92. The van der Waals surface area contributed by atoms with E-state index in [9.17, 15) is 19.7 Å². The average Bonchev–Trinajstić information content (AvgIpc) is 2.58. The van der Waals surface area contributed by atoms with E-state index in [-0.39, 0.29) is 17.6 Å². The minimum atomic E-state index is -0.550. The maximum Gasteiger partial charge on any atom is 0.407 e. The van der Waals surface area contributed by atoms with Gasteiger partial charge in [0.1, 0.15) is 5.60 Å². The fourth-order valence-electron chi connectivity index (χ4n) is 2.78. The molecule has 27 heavy (non-hydrogen) atoms. The number of ether oxygens (including phenoxy) is 1. The van der Waals surface area contributed by atoms with E-state index < -0.39 is 16.6 Å². The Labute approximate surface area is 158 Å². The van der Waals surface area contributed by atoms with E-state index in [0.29, 0.717) is 31.5 Å². The van der Waals surface area contributed by atoms with Crippen LogP contribution in [-0.4, -0.2) is 46.6 Å². The number of nitro groups is 1. The summed E-state index contributed by atoms with van der Waals surface area (Å²) in [5, 5.41) is 13.8. The first-order valence-electron chi connectivity index (χ1n) is 8.85. The first kappa shape index (κ1) is 20.4. The number of carbonyl (C=O) groups is 2. The smallest absolute Gasteiger partial charge is 0.407 e. The Kier molecular flexibility index (Phi) is 6.55. The molecule has 0 aromatic heterocycles. The number of nitro benzene ring substituents is 1. The van der Waals surface area contributed by atoms with Gasteiger partial charge in [0.25, 0.3) is 5.69 Å². The summed E-state index contributed by atoms with van der Waals surface area (Å²) < 4.78 is 5.24. The Morgan fingerprint density at radius 3 is 2.48 bits per heavy atom. The lowest BCUT2D eigenvalue weighted by Gasteiger charge is -2.32. The Balaban J connectivity index is 1.87. The van der Waals surface area contributed by atoms with Gasteiger partial charge >= 0.3 is 6.09 Å². The predicted octanol–water partition coefficient (Wildman–Crippen LogP) is 3.12. The Morgan fingerprint density at radius 1 is 1.26 bits per heavy atom. The molecule has 1 aliphatic heterocycles. The van der Waals surface area contributed by atoms with Crippen LogP contribution in [-0.2, 0) is 9.53 Å². The number of rotatable bonds is 4. The minimum Gasteiger partial charge on any atom is -0.444 e. The van der Waals surface area contributed by atoms with Gasteiger partial charge in [-0.2, -0.15) is 0 Å². The van der Waals surface area contributed by atoms with Crippen LogP contribution in [0, 0.1) is 10.1 Å². The second kappa shape index (κ2) is 8.66. The number of hydrogen-bond donors (Lipinski definition) is 1. The lowest BCUT2D eigenvalue weighted by molar-refractivity contribution is -0.385. The van der Waals surface area contributed by atoms with Crippen molar-refractivity contribution in [1.82, 2.24) is 10.2 Å². The first-order valence-corrected chi connectivity index (χ1v) is 8.85. The third-order valence-electron chi connectivity index (χ3n) is 4.07. The fraction of sp³-hybridized carbons (Fsp3) is 0.474. The van der Waals surface area contributed by atoms with Crippen molar-refractivity contribution in [3.05, 3.63) is 46.0 Å².